The summed E-state index contributed by atoms with van der Waals surface area (Å²) in [6.45, 7) is 2.18. The topological polar surface area (TPSA) is 111 Å². The molecule has 0 aliphatic heterocycles. The van der Waals surface area contributed by atoms with Gasteiger partial charge >= 0.3 is 5.69 Å². The lowest BCUT2D eigenvalue weighted by Gasteiger charge is -2.05. The average molecular weight is 360 g/mol. The fraction of sp³-hybridized carbons (Fsp3) is 0.500. The maximum Gasteiger partial charge on any atom is 0.301 e. The van der Waals surface area contributed by atoms with Crippen LogP contribution < -0.4 is 5.43 Å². The second-order valence-electron chi connectivity index (χ2n) is 6.32. The van der Waals surface area contributed by atoms with E-state index in [-0.39, 0.29) is 17.1 Å². The summed E-state index contributed by atoms with van der Waals surface area (Å²) >= 11 is 0. The average Bonchev–Trinajstić information content (AvgIpc) is 3.06. The molecule has 0 amide bonds. The molecule has 0 radical (unpaired) electrons. The molecular weight excluding hydrogens is 336 g/mol. The Morgan fingerprint density at radius 3 is 2.65 bits per heavy atom. The van der Waals surface area contributed by atoms with Crippen LogP contribution in [0.1, 0.15) is 58.3 Å². The van der Waals surface area contributed by atoms with E-state index >= 15 is 0 Å². The minimum absolute atomic E-state index is 0.155. The molecular formula is C18H24N4O4. The highest BCUT2D eigenvalue weighted by atomic mass is 16.6. The van der Waals surface area contributed by atoms with Crippen molar-refractivity contribution in [3.63, 3.8) is 0 Å². The Hall–Kier alpha value is -2.77. The second-order valence-corrected chi connectivity index (χ2v) is 6.32. The Bertz CT molecular complexity index is 728. The molecule has 0 bridgehead atoms. The van der Waals surface area contributed by atoms with Crippen LogP contribution in [0.25, 0.3) is 0 Å². The molecule has 8 nitrogen and oxygen atoms in total. The zero-order valence-electron chi connectivity index (χ0n) is 14.9. The number of non-ortho nitro benzene ring substituents is 1. The van der Waals surface area contributed by atoms with Gasteiger partial charge in [0.1, 0.15) is 5.69 Å². The zero-order chi connectivity index (χ0) is 18.9. The third-order valence-electron chi connectivity index (χ3n) is 4.38. The van der Waals surface area contributed by atoms with Gasteiger partial charge in [0.2, 0.25) is 0 Å². The molecule has 1 aromatic rings. The summed E-state index contributed by atoms with van der Waals surface area (Å²) in [5, 5.41) is 26.3. The summed E-state index contributed by atoms with van der Waals surface area (Å²) < 4.78 is 0. The van der Waals surface area contributed by atoms with Gasteiger partial charge in [-0.25, -0.2) is 0 Å². The minimum Gasteiger partial charge on any atom is -0.271 e. The molecule has 140 valence electrons. The molecule has 26 heavy (non-hydrogen) atoms. The highest BCUT2D eigenvalue weighted by Crippen LogP contribution is 2.30. The van der Waals surface area contributed by atoms with Gasteiger partial charge in [0.05, 0.1) is 21.6 Å². The van der Waals surface area contributed by atoms with Crippen LogP contribution in [0.2, 0.25) is 0 Å². The van der Waals surface area contributed by atoms with Gasteiger partial charge in [0.15, 0.2) is 0 Å². The van der Waals surface area contributed by atoms with Crippen LogP contribution >= 0.6 is 0 Å². The fourth-order valence-electron chi connectivity index (χ4n) is 2.95. The van der Waals surface area contributed by atoms with Crippen molar-refractivity contribution in [1.29, 1.82) is 0 Å². The second kappa shape index (κ2) is 9.65. The molecule has 0 unspecified atom stereocenters. The van der Waals surface area contributed by atoms with E-state index in [1.807, 2.05) is 0 Å². The van der Waals surface area contributed by atoms with Crippen LogP contribution in [-0.2, 0) is 0 Å². The molecule has 0 heterocycles. The molecule has 0 saturated heterocycles. The lowest BCUT2D eigenvalue weighted by Crippen LogP contribution is -2.02. The predicted octanol–water partition coefficient (Wildman–Crippen LogP) is 5.35. The van der Waals surface area contributed by atoms with Crippen molar-refractivity contribution < 1.29 is 9.85 Å². The van der Waals surface area contributed by atoms with E-state index in [1.165, 1.54) is 37.0 Å². The van der Waals surface area contributed by atoms with E-state index in [0.717, 1.165) is 43.9 Å². The third kappa shape index (κ3) is 5.37. The van der Waals surface area contributed by atoms with Crippen LogP contribution in [0.4, 0.5) is 17.1 Å². The number of unbranched alkanes of at least 4 members (excludes halogenated alkanes) is 4. The molecule has 8 heteroatoms. The number of nitro benzene ring substituents is 2. The fourth-order valence-corrected chi connectivity index (χ4v) is 2.95. The summed E-state index contributed by atoms with van der Waals surface area (Å²) in [4.78, 5) is 20.7. The van der Waals surface area contributed by atoms with Crippen LogP contribution in [0, 0.1) is 20.2 Å². The van der Waals surface area contributed by atoms with Gasteiger partial charge in [-0.1, -0.05) is 32.3 Å². The van der Waals surface area contributed by atoms with Gasteiger partial charge in [-0.3, -0.25) is 25.7 Å². The summed E-state index contributed by atoms with van der Waals surface area (Å²) in [5.41, 5.74) is 4.31. The third-order valence-corrected chi connectivity index (χ3v) is 4.38. The normalized spacial score (nSPS) is 17.0. The first-order valence-corrected chi connectivity index (χ1v) is 8.97. The van der Waals surface area contributed by atoms with E-state index in [4.69, 9.17) is 0 Å². The highest BCUT2D eigenvalue weighted by Gasteiger charge is 2.20. The van der Waals surface area contributed by atoms with Gasteiger partial charge in [0.25, 0.3) is 5.69 Å². The molecule has 2 rings (SSSR count). The Kier molecular flexibility index (Phi) is 7.25. The van der Waals surface area contributed by atoms with Crippen molar-refractivity contribution in [1.82, 2.24) is 0 Å². The standard InChI is InChI=1S/C18H24N4O4/c1-2-3-4-5-6-8-14-9-7-10-16(14)19-20-17-12-11-15(21(23)24)13-18(17)22(25)26/h8,11-13,20H,2-7,9-10H2,1H3/b14-8+,19-16+. The number of nitrogens with one attached hydrogen (secondary N) is 1. The molecule has 1 saturated carbocycles. The van der Waals surface area contributed by atoms with Gasteiger partial charge in [-0.2, -0.15) is 5.10 Å². The number of hydrogen-bond acceptors (Lipinski definition) is 6. The van der Waals surface area contributed by atoms with E-state index in [0.29, 0.717) is 0 Å². The zero-order valence-corrected chi connectivity index (χ0v) is 14.9. The van der Waals surface area contributed by atoms with Crippen LogP contribution in [0.5, 0.6) is 0 Å². The number of benzene rings is 1. The molecule has 1 fully saturated rings. The quantitative estimate of drug-likeness (QED) is 0.362. The SMILES string of the molecule is CCCCCC/C=C1\CCC\C1=N/Nc1ccc([N+](=O)[O-])cc1[N+](=O)[O-]. The van der Waals surface area contributed by atoms with E-state index in [9.17, 15) is 20.2 Å². The summed E-state index contributed by atoms with van der Waals surface area (Å²) in [6.07, 6.45) is 10.9. The van der Waals surface area contributed by atoms with Gasteiger partial charge in [0, 0.05) is 6.07 Å². The van der Waals surface area contributed by atoms with Crippen LogP contribution in [0.3, 0.4) is 0 Å². The van der Waals surface area contributed by atoms with Crippen LogP contribution in [-0.4, -0.2) is 15.6 Å². The number of allylic oxidation sites excluding steroid dienone is 2. The van der Waals surface area contributed by atoms with Crippen molar-refractivity contribution in [3.05, 3.63) is 50.1 Å². The van der Waals surface area contributed by atoms with Crippen LogP contribution in [0.15, 0.2) is 34.9 Å². The summed E-state index contributed by atoms with van der Waals surface area (Å²) in [6, 6.07) is 3.50. The first-order chi connectivity index (χ1) is 12.5. The Labute approximate surface area is 152 Å². The molecule has 0 aromatic heterocycles. The molecule has 0 spiro atoms. The number of anilines is 1. The number of hydrazone groups is 1. The van der Waals surface area contributed by atoms with Gasteiger partial charge < -0.3 is 0 Å². The predicted molar refractivity (Wildman–Crippen MR) is 102 cm³/mol. The van der Waals surface area contributed by atoms with Crippen molar-refractivity contribution in [2.24, 2.45) is 5.10 Å². The van der Waals surface area contributed by atoms with Crippen molar-refractivity contribution in [3.8, 4) is 0 Å². The monoisotopic (exact) mass is 360 g/mol. The van der Waals surface area contributed by atoms with Gasteiger partial charge in [-0.05, 0) is 43.7 Å². The molecule has 1 aliphatic carbocycles. The van der Waals surface area contributed by atoms with E-state index in [1.54, 1.807) is 0 Å². The van der Waals surface area contributed by atoms with Crippen molar-refractivity contribution in [2.45, 2.75) is 58.3 Å². The number of rotatable bonds is 9. The Morgan fingerprint density at radius 2 is 1.96 bits per heavy atom. The van der Waals surface area contributed by atoms with Gasteiger partial charge in [-0.15, -0.1) is 0 Å². The molecule has 1 aliphatic rings. The maximum absolute atomic E-state index is 11.2. The number of nitro groups is 2. The lowest BCUT2D eigenvalue weighted by atomic mass is 10.1. The minimum atomic E-state index is -0.654. The summed E-state index contributed by atoms with van der Waals surface area (Å²) in [5.74, 6) is 0. The van der Waals surface area contributed by atoms with Crippen molar-refractivity contribution >= 4 is 22.8 Å². The van der Waals surface area contributed by atoms with E-state index < -0.39 is 9.85 Å². The summed E-state index contributed by atoms with van der Waals surface area (Å²) in [7, 11) is 0. The van der Waals surface area contributed by atoms with E-state index in [2.05, 4.69) is 23.5 Å². The largest absolute Gasteiger partial charge is 0.301 e. The molecule has 0 atom stereocenters. The molecule has 1 N–H and O–H groups in total. The lowest BCUT2D eigenvalue weighted by molar-refractivity contribution is -0.393. The maximum atomic E-state index is 11.2. The Morgan fingerprint density at radius 1 is 1.15 bits per heavy atom. The smallest absolute Gasteiger partial charge is 0.271 e. The first kappa shape index (κ1) is 19.6. The Balaban J connectivity index is 2.09. The highest BCUT2D eigenvalue weighted by molar-refractivity contribution is 6.02. The first-order valence-electron chi connectivity index (χ1n) is 8.97. The molecule has 1 aromatic carbocycles. The number of nitrogens with zero attached hydrogens (tertiary/aromatic N) is 3. The number of hydrogen-bond donors (Lipinski definition) is 1. The van der Waals surface area contributed by atoms with Crippen molar-refractivity contribution in [2.75, 3.05) is 5.43 Å².